The van der Waals surface area contributed by atoms with Crippen molar-refractivity contribution in [2.45, 2.75) is 63.8 Å². The third-order valence-electron chi connectivity index (χ3n) is 5.36. The lowest BCUT2D eigenvalue weighted by atomic mass is 10.1. The second-order valence-electron chi connectivity index (χ2n) is 7.47. The highest BCUT2D eigenvalue weighted by atomic mass is 16.4. The summed E-state index contributed by atoms with van der Waals surface area (Å²) >= 11 is 0. The number of unbranched alkanes of at least 4 members (excludes halogenated alkanes) is 3. The van der Waals surface area contributed by atoms with Gasteiger partial charge >= 0.3 is 5.97 Å². The second kappa shape index (κ2) is 10.1. The number of nitrogens with one attached hydrogen (secondary N) is 1. The molecule has 2 aromatic rings. The lowest BCUT2D eigenvalue weighted by Gasteiger charge is -2.15. The van der Waals surface area contributed by atoms with Gasteiger partial charge in [-0.2, -0.15) is 5.10 Å². The van der Waals surface area contributed by atoms with E-state index in [-0.39, 0.29) is 12.3 Å². The Labute approximate surface area is 166 Å². The van der Waals surface area contributed by atoms with Crippen molar-refractivity contribution in [2.75, 3.05) is 6.54 Å². The first-order valence-electron chi connectivity index (χ1n) is 10.3. The van der Waals surface area contributed by atoms with Crippen LogP contribution in [0.4, 0.5) is 0 Å². The van der Waals surface area contributed by atoms with Crippen molar-refractivity contribution in [1.29, 1.82) is 0 Å². The molecule has 1 aliphatic rings. The summed E-state index contributed by atoms with van der Waals surface area (Å²) in [5, 5.41) is 16.2. The number of amides is 1. The highest BCUT2D eigenvalue weighted by Gasteiger charge is 2.25. The molecule has 2 N–H and O–H groups in total. The third-order valence-corrected chi connectivity index (χ3v) is 5.36. The van der Waals surface area contributed by atoms with Gasteiger partial charge in [-0.15, -0.1) is 0 Å². The van der Waals surface area contributed by atoms with E-state index in [1.165, 1.54) is 12.8 Å². The molecule has 1 amide bonds. The number of aromatic nitrogens is 2. The van der Waals surface area contributed by atoms with Gasteiger partial charge in [0.05, 0.1) is 23.5 Å². The smallest absolute Gasteiger partial charge is 0.303 e. The van der Waals surface area contributed by atoms with E-state index in [1.54, 1.807) is 6.20 Å². The van der Waals surface area contributed by atoms with E-state index in [0.717, 1.165) is 43.4 Å². The number of nitrogens with zero attached hydrogens (tertiary/aromatic N) is 2. The third kappa shape index (κ3) is 5.21. The summed E-state index contributed by atoms with van der Waals surface area (Å²) in [5.74, 6) is -0.838. The van der Waals surface area contributed by atoms with Crippen LogP contribution < -0.4 is 5.32 Å². The molecule has 3 rings (SSSR count). The Morgan fingerprint density at radius 2 is 1.79 bits per heavy atom. The molecule has 1 aromatic heterocycles. The Kier molecular flexibility index (Phi) is 7.23. The van der Waals surface area contributed by atoms with Crippen molar-refractivity contribution in [3.05, 3.63) is 42.1 Å². The molecule has 28 heavy (non-hydrogen) atoms. The summed E-state index contributed by atoms with van der Waals surface area (Å²) in [4.78, 5) is 23.3. The monoisotopic (exact) mass is 383 g/mol. The van der Waals surface area contributed by atoms with E-state index in [1.807, 2.05) is 35.0 Å². The molecule has 1 saturated carbocycles. The van der Waals surface area contributed by atoms with Crippen LogP contribution in [0.1, 0.15) is 74.2 Å². The quantitative estimate of drug-likeness (QED) is 0.595. The fraction of sp³-hybridized carbons (Fsp3) is 0.500. The average molecular weight is 383 g/mol. The van der Waals surface area contributed by atoms with Crippen molar-refractivity contribution in [1.82, 2.24) is 15.1 Å². The molecule has 1 fully saturated rings. The molecular weight excluding hydrogens is 354 g/mol. The number of carboxylic acids is 1. The van der Waals surface area contributed by atoms with Crippen LogP contribution in [0.5, 0.6) is 0 Å². The Morgan fingerprint density at radius 1 is 1.07 bits per heavy atom. The van der Waals surface area contributed by atoms with E-state index in [9.17, 15) is 9.59 Å². The number of aliphatic carboxylic acids is 1. The molecule has 1 heterocycles. The lowest BCUT2D eigenvalue weighted by Crippen LogP contribution is -2.25. The molecule has 6 heteroatoms. The summed E-state index contributed by atoms with van der Waals surface area (Å²) in [7, 11) is 0. The van der Waals surface area contributed by atoms with Crippen molar-refractivity contribution in [2.24, 2.45) is 0 Å². The van der Waals surface area contributed by atoms with Crippen LogP contribution in [0, 0.1) is 0 Å². The highest BCUT2D eigenvalue weighted by molar-refractivity contribution is 5.99. The number of hydrogen-bond donors (Lipinski definition) is 2. The zero-order valence-electron chi connectivity index (χ0n) is 16.3. The first kappa shape index (κ1) is 20.1. The maximum absolute atomic E-state index is 12.8. The summed E-state index contributed by atoms with van der Waals surface area (Å²) in [6, 6.07) is 10.4. The maximum atomic E-state index is 12.8. The molecule has 1 aliphatic carbocycles. The van der Waals surface area contributed by atoms with Gasteiger partial charge in [0.2, 0.25) is 0 Å². The number of rotatable bonds is 10. The Balaban J connectivity index is 1.62. The largest absolute Gasteiger partial charge is 0.481 e. The van der Waals surface area contributed by atoms with Crippen molar-refractivity contribution in [3.63, 3.8) is 0 Å². The first-order chi connectivity index (χ1) is 13.7. The molecule has 0 saturated heterocycles. The second-order valence-corrected chi connectivity index (χ2v) is 7.47. The summed E-state index contributed by atoms with van der Waals surface area (Å²) in [6.07, 6.45) is 9.88. The standard InChI is InChI=1S/C22H29N3O3/c26-20(27)14-6-1-2-9-15-23-22(28)19-16-24-25(18-12-7-8-13-18)21(19)17-10-4-3-5-11-17/h3-5,10-11,16,18H,1-2,6-9,12-15H2,(H,23,28)(H,26,27). The van der Waals surface area contributed by atoms with Crippen LogP contribution in [0.25, 0.3) is 11.3 Å². The molecule has 150 valence electrons. The molecule has 1 aromatic carbocycles. The predicted molar refractivity (Wildman–Crippen MR) is 108 cm³/mol. The van der Waals surface area contributed by atoms with Gasteiger partial charge in [0.1, 0.15) is 0 Å². The van der Waals surface area contributed by atoms with E-state index >= 15 is 0 Å². The SMILES string of the molecule is O=C(O)CCCCCCNC(=O)c1cnn(C2CCCC2)c1-c1ccccc1. The van der Waals surface area contributed by atoms with E-state index in [2.05, 4.69) is 10.4 Å². The topological polar surface area (TPSA) is 84.2 Å². The summed E-state index contributed by atoms with van der Waals surface area (Å²) < 4.78 is 2.04. The fourth-order valence-corrected chi connectivity index (χ4v) is 3.89. The minimum Gasteiger partial charge on any atom is -0.481 e. The maximum Gasteiger partial charge on any atom is 0.303 e. The molecular formula is C22H29N3O3. The van der Waals surface area contributed by atoms with E-state index in [0.29, 0.717) is 24.6 Å². The Bertz CT molecular complexity index is 780. The molecule has 0 bridgehead atoms. The number of benzene rings is 1. The molecule has 6 nitrogen and oxygen atoms in total. The Hall–Kier alpha value is -2.63. The molecule has 0 atom stereocenters. The van der Waals surface area contributed by atoms with E-state index in [4.69, 9.17) is 5.11 Å². The number of carbonyl (C=O) groups is 2. The van der Waals surface area contributed by atoms with Gasteiger partial charge < -0.3 is 10.4 Å². The minimum absolute atomic E-state index is 0.0892. The minimum atomic E-state index is -0.749. The predicted octanol–water partition coefficient (Wildman–Crippen LogP) is 4.43. The van der Waals surface area contributed by atoms with Gasteiger partial charge in [0.15, 0.2) is 0 Å². The number of carboxylic acid groups (broad SMARTS) is 1. The van der Waals surface area contributed by atoms with Gasteiger partial charge in [0, 0.05) is 18.5 Å². The highest BCUT2D eigenvalue weighted by Crippen LogP contribution is 2.34. The first-order valence-corrected chi connectivity index (χ1v) is 10.3. The molecule has 0 spiro atoms. The van der Waals surface area contributed by atoms with Gasteiger partial charge in [-0.1, -0.05) is 56.0 Å². The van der Waals surface area contributed by atoms with Gasteiger partial charge in [-0.3, -0.25) is 14.3 Å². The summed E-state index contributed by atoms with van der Waals surface area (Å²) in [6.45, 7) is 0.592. The van der Waals surface area contributed by atoms with Gasteiger partial charge in [-0.05, 0) is 25.7 Å². The normalized spacial score (nSPS) is 14.3. The van der Waals surface area contributed by atoms with Crippen molar-refractivity contribution < 1.29 is 14.7 Å². The van der Waals surface area contributed by atoms with Crippen molar-refractivity contribution >= 4 is 11.9 Å². The average Bonchev–Trinajstić information content (AvgIpc) is 3.37. The van der Waals surface area contributed by atoms with Crippen LogP contribution in [0.2, 0.25) is 0 Å². The zero-order chi connectivity index (χ0) is 19.8. The van der Waals surface area contributed by atoms with Gasteiger partial charge in [0.25, 0.3) is 5.91 Å². The van der Waals surface area contributed by atoms with E-state index < -0.39 is 5.97 Å². The molecule has 0 unspecified atom stereocenters. The Morgan fingerprint density at radius 3 is 2.50 bits per heavy atom. The van der Waals surface area contributed by atoms with Crippen LogP contribution in [0.15, 0.2) is 36.5 Å². The van der Waals surface area contributed by atoms with Crippen LogP contribution in [-0.2, 0) is 4.79 Å². The fourth-order valence-electron chi connectivity index (χ4n) is 3.89. The molecule has 0 radical (unpaired) electrons. The summed E-state index contributed by atoms with van der Waals surface area (Å²) in [5.41, 5.74) is 2.56. The zero-order valence-corrected chi connectivity index (χ0v) is 16.3. The van der Waals surface area contributed by atoms with Crippen LogP contribution >= 0.6 is 0 Å². The van der Waals surface area contributed by atoms with Crippen LogP contribution in [0.3, 0.4) is 0 Å². The number of hydrogen-bond acceptors (Lipinski definition) is 3. The molecule has 0 aliphatic heterocycles. The van der Waals surface area contributed by atoms with Gasteiger partial charge in [-0.25, -0.2) is 0 Å². The number of carbonyl (C=O) groups excluding carboxylic acids is 1. The van der Waals surface area contributed by atoms with Crippen molar-refractivity contribution in [3.8, 4) is 11.3 Å². The lowest BCUT2D eigenvalue weighted by molar-refractivity contribution is -0.137. The van der Waals surface area contributed by atoms with Crippen LogP contribution in [-0.4, -0.2) is 33.3 Å².